The molecule has 1 aromatic heterocycles. The third-order valence-corrected chi connectivity index (χ3v) is 3.51. The van der Waals surface area contributed by atoms with Gasteiger partial charge in [0, 0.05) is 10.1 Å². The van der Waals surface area contributed by atoms with E-state index in [1.165, 1.54) is 23.5 Å². The third kappa shape index (κ3) is 2.46. The van der Waals surface area contributed by atoms with E-state index in [1.54, 1.807) is 0 Å². The Morgan fingerprint density at radius 2 is 1.94 bits per heavy atom. The molecule has 0 fully saturated rings. The fourth-order valence-corrected chi connectivity index (χ4v) is 2.79. The Hall–Kier alpha value is -1.60. The van der Waals surface area contributed by atoms with Gasteiger partial charge in [-0.05, 0) is 23.6 Å². The molecule has 0 atom stereocenters. The smallest absolute Gasteiger partial charge is 0.124 e. The molecule has 0 aliphatic carbocycles. The van der Waals surface area contributed by atoms with Crippen LogP contribution in [0.5, 0.6) is 0 Å². The Morgan fingerprint density at radius 1 is 1.33 bits per heavy atom. The lowest BCUT2D eigenvalue weighted by Crippen LogP contribution is -1.92. The summed E-state index contributed by atoms with van der Waals surface area (Å²) < 4.78 is 14.1. The lowest BCUT2D eigenvalue weighted by Gasteiger charge is -2.07. The summed E-state index contributed by atoms with van der Waals surface area (Å²) in [6.45, 7) is 7.95. The van der Waals surface area contributed by atoms with Crippen LogP contribution in [0.25, 0.3) is 10.1 Å². The van der Waals surface area contributed by atoms with E-state index in [4.69, 9.17) is 11.0 Å². The highest BCUT2D eigenvalue weighted by atomic mass is 32.1. The number of hydrogen-bond acceptors (Lipinski definition) is 3. The van der Waals surface area contributed by atoms with Crippen LogP contribution in [-0.4, -0.2) is 0 Å². The van der Waals surface area contributed by atoms with Crippen molar-refractivity contribution in [2.75, 3.05) is 5.73 Å². The molecule has 2 rings (SSSR count). The number of benzene rings is 1. The number of halogens is 1. The Balaban J connectivity index is 0.000000771. The largest absolute Gasteiger partial charge is 0.389 e. The third-order valence-electron chi connectivity index (χ3n) is 2.55. The van der Waals surface area contributed by atoms with Gasteiger partial charge in [-0.15, -0.1) is 11.3 Å². The highest BCUT2D eigenvalue weighted by Crippen LogP contribution is 2.38. The second-order valence-corrected chi connectivity index (χ2v) is 5.06. The Bertz CT molecular complexity index is 594. The number of nitriles is 1. The van der Waals surface area contributed by atoms with E-state index in [-0.39, 0.29) is 11.7 Å². The highest BCUT2D eigenvalue weighted by molar-refractivity contribution is 7.23. The van der Waals surface area contributed by atoms with E-state index >= 15 is 0 Å². The second-order valence-electron chi connectivity index (χ2n) is 3.98. The molecule has 0 aliphatic heterocycles. The lowest BCUT2D eigenvalue weighted by atomic mass is 9.97. The van der Waals surface area contributed by atoms with Gasteiger partial charge >= 0.3 is 0 Å². The van der Waals surface area contributed by atoms with E-state index in [9.17, 15) is 4.39 Å². The van der Waals surface area contributed by atoms with Crippen LogP contribution in [0.4, 0.5) is 9.39 Å². The van der Waals surface area contributed by atoms with Crippen LogP contribution < -0.4 is 5.73 Å². The van der Waals surface area contributed by atoms with Gasteiger partial charge in [0.1, 0.15) is 16.9 Å². The molecule has 0 amide bonds. The van der Waals surface area contributed by atoms with Crippen molar-refractivity contribution in [3.8, 4) is 6.07 Å². The first-order valence-electron chi connectivity index (χ1n) is 5.96. The van der Waals surface area contributed by atoms with Gasteiger partial charge in [0.2, 0.25) is 0 Å². The molecule has 0 unspecified atom stereocenters. The maximum atomic E-state index is 13.4. The van der Waals surface area contributed by atoms with Crippen LogP contribution in [-0.2, 0) is 0 Å². The SMILES string of the molecule is CC.CC(C)c1cc(F)cc2sc(N)c(C#N)c12. The van der Waals surface area contributed by atoms with Gasteiger partial charge in [0.05, 0.1) is 5.56 Å². The van der Waals surface area contributed by atoms with Crippen molar-refractivity contribution in [3.63, 3.8) is 0 Å². The van der Waals surface area contributed by atoms with Gasteiger partial charge in [0.25, 0.3) is 0 Å². The van der Waals surface area contributed by atoms with E-state index in [0.29, 0.717) is 10.6 Å². The van der Waals surface area contributed by atoms with Crippen molar-refractivity contribution in [1.29, 1.82) is 5.26 Å². The molecule has 0 radical (unpaired) electrons. The molecular weight excluding hydrogens is 247 g/mol. The van der Waals surface area contributed by atoms with Gasteiger partial charge in [-0.25, -0.2) is 4.39 Å². The van der Waals surface area contributed by atoms with Crippen LogP contribution in [0.15, 0.2) is 12.1 Å². The first-order chi connectivity index (χ1) is 8.54. The Labute approximate surface area is 111 Å². The first kappa shape index (κ1) is 14.5. The standard InChI is InChI=1S/C12H11FN2S.C2H6/c1-6(2)8-3-7(13)4-10-11(8)9(5-14)12(15)16-10;1-2/h3-4,6H,15H2,1-2H3;1-2H3. The number of hydrogen-bond donors (Lipinski definition) is 1. The van der Waals surface area contributed by atoms with Gasteiger partial charge < -0.3 is 5.73 Å². The summed E-state index contributed by atoms with van der Waals surface area (Å²) >= 11 is 1.26. The van der Waals surface area contributed by atoms with Crippen molar-refractivity contribution in [2.45, 2.75) is 33.6 Å². The molecule has 0 spiro atoms. The zero-order chi connectivity index (χ0) is 13.9. The van der Waals surface area contributed by atoms with E-state index in [0.717, 1.165) is 15.6 Å². The monoisotopic (exact) mass is 264 g/mol. The molecule has 2 N–H and O–H groups in total. The molecule has 1 heterocycles. The van der Waals surface area contributed by atoms with Crippen molar-refractivity contribution < 1.29 is 4.39 Å². The predicted molar refractivity (Wildman–Crippen MR) is 76.3 cm³/mol. The van der Waals surface area contributed by atoms with Crippen molar-refractivity contribution in [2.24, 2.45) is 0 Å². The molecule has 2 nitrogen and oxygen atoms in total. The number of fused-ring (bicyclic) bond motifs is 1. The summed E-state index contributed by atoms with van der Waals surface area (Å²) in [6, 6.07) is 5.02. The van der Waals surface area contributed by atoms with E-state index in [1.807, 2.05) is 27.7 Å². The van der Waals surface area contributed by atoms with E-state index < -0.39 is 0 Å². The van der Waals surface area contributed by atoms with Crippen molar-refractivity contribution >= 4 is 26.4 Å². The molecule has 0 bridgehead atoms. The summed E-state index contributed by atoms with van der Waals surface area (Å²) in [7, 11) is 0. The summed E-state index contributed by atoms with van der Waals surface area (Å²) in [5.74, 6) is -0.110. The fraction of sp³-hybridized carbons (Fsp3) is 0.357. The van der Waals surface area contributed by atoms with E-state index in [2.05, 4.69) is 6.07 Å². The molecule has 18 heavy (non-hydrogen) atoms. The average Bonchev–Trinajstić information content (AvgIpc) is 2.65. The lowest BCUT2D eigenvalue weighted by molar-refractivity contribution is 0.626. The minimum Gasteiger partial charge on any atom is -0.389 e. The number of anilines is 1. The maximum absolute atomic E-state index is 13.4. The minimum atomic E-state index is -0.276. The minimum absolute atomic E-state index is 0.166. The summed E-state index contributed by atoms with van der Waals surface area (Å²) in [6.07, 6.45) is 0. The van der Waals surface area contributed by atoms with Crippen molar-refractivity contribution in [3.05, 3.63) is 29.1 Å². The van der Waals surface area contributed by atoms with Crippen LogP contribution in [0, 0.1) is 17.1 Å². The topological polar surface area (TPSA) is 49.8 Å². The molecule has 96 valence electrons. The predicted octanol–water partition coefficient (Wildman–Crippen LogP) is 4.64. The zero-order valence-electron chi connectivity index (χ0n) is 11.0. The van der Waals surface area contributed by atoms with Crippen LogP contribution in [0.1, 0.15) is 44.7 Å². The normalized spacial score (nSPS) is 10.1. The fourth-order valence-electron chi connectivity index (χ4n) is 1.81. The zero-order valence-corrected chi connectivity index (χ0v) is 11.9. The van der Waals surface area contributed by atoms with Gasteiger partial charge in [-0.1, -0.05) is 27.7 Å². The molecule has 2 aromatic rings. The van der Waals surface area contributed by atoms with Crippen molar-refractivity contribution in [1.82, 2.24) is 0 Å². The van der Waals surface area contributed by atoms with Crippen LogP contribution >= 0.6 is 11.3 Å². The Kier molecular flexibility index (Phi) is 4.69. The summed E-state index contributed by atoms with van der Waals surface area (Å²) in [5.41, 5.74) is 7.08. The molecule has 1 aromatic carbocycles. The van der Waals surface area contributed by atoms with Gasteiger partial charge in [-0.2, -0.15) is 5.26 Å². The van der Waals surface area contributed by atoms with Gasteiger partial charge in [0.15, 0.2) is 0 Å². The average molecular weight is 264 g/mol. The Morgan fingerprint density at radius 3 is 2.44 bits per heavy atom. The highest BCUT2D eigenvalue weighted by Gasteiger charge is 2.16. The number of nitrogens with two attached hydrogens (primary N) is 1. The number of nitrogen functional groups attached to an aromatic ring is 1. The molecular formula is C14H17FN2S. The van der Waals surface area contributed by atoms with Gasteiger partial charge in [-0.3, -0.25) is 0 Å². The number of thiophene rings is 1. The molecule has 4 heteroatoms. The maximum Gasteiger partial charge on any atom is 0.124 e. The molecule has 0 aliphatic rings. The summed E-state index contributed by atoms with van der Waals surface area (Å²) in [5, 5.41) is 10.3. The van der Waals surface area contributed by atoms with Crippen LogP contribution in [0.2, 0.25) is 0 Å². The number of rotatable bonds is 1. The summed E-state index contributed by atoms with van der Waals surface area (Å²) in [4.78, 5) is 0. The van der Waals surface area contributed by atoms with Crippen LogP contribution in [0.3, 0.4) is 0 Å². The first-order valence-corrected chi connectivity index (χ1v) is 6.77. The number of nitrogens with zero attached hydrogens (tertiary/aromatic N) is 1. The molecule has 0 saturated heterocycles. The molecule has 0 saturated carbocycles. The second kappa shape index (κ2) is 5.83. The quantitative estimate of drug-likeness (QED) is 0.815.